The van der Waals surface area contributed by atoms with Crippen molar-refractivity contribution in [2.45, 2.75) is 25.9 Å². The van der Waals surface area contributed by atoms with Crippen LogP contribution in [0.25, 0.3) is 0 Å². The van der Waals surface area contributed by atoms with E-state index in [0.717, 1.165) is 4.90 Å². The molecule has 2 aliphatic heterocycles. The first-order valence-corrected chi connectivity index (χ1v) is 7.67. The van der Waals surface area contributed by atoms with E-state index in [1.165, 1.54) is 6.92 Å². The molecule has 1 N–H and O–H groups in total. The van der Waals surface area contributed by atoms with Gasteiger partial charge in [0.2, 0.25) is 11.8 Å². The molecule has 0 aromatic heterocycles. The molecule has 0 saturated carbocycles. The molecule has 0 aliphatic carbocycles. The van der Waals surface area contributed by atoms with E-state index in [0.29, 0.717) is 32.5 Å². The highest BCUT2D eigenvalue weighted by atomic mass is 19.4. The van der Waals surface area contributed by atoms with Crippen molar-refractivity contribution in [1.29, 1.82) is 0 Å². The molecule has 126 valence electrons. The summed E-state index contributed by atoms with van der Waals surface area (Å²) in [5.74, 6) is -1.06. The first-order chi connectivity index (χ1) is 10.3. The number of carbonyl (C=O) groups is 2. The van der Waals surface area contributed by atoms with Gasteiger partial charge in [0, 0.05) is 32.7 Å². The van der Waals surface area contributed by atoms with E-state index < -0.39 is 24.5 Å². The molecule has 0 spiro atoms. The highest BCUT2D eigenvalue weighted by Crippen LogP contribution is 2.23. The predicted octanol–water partition coefficient (Wildman–Crippen LogP) is 0.855. The lowest BCUT2D eigenvalue weighted by Crippen LogP contribution is -2.55. The van der Waals surface area contributed by atoms with E-state index in [4.69, 9.17) is 0 Å². The van der Waals surface area contributed by atoms with Crippen LogP contribution in [0.5, 0.6) is 0 Å². The number of rotatable bonds is 4. The third-order valence-electron chi connectivity index (χ3n) is 4.28. The number of hydrogen-bond donors (Lipinski definition) is 1. The number of nitrogens with zero attached hydrogens (tertiary/aromatic N) is 2. The van der Waals surface area contributed by atoms with E-state index >= 15 is 0 Å². The summed E-state index contributed by atoms with van der Waals surface area (Å²) in [5.41, 5.74) is 0. The van der Waals surface area contributed by atoms with Gasteiger partial charge in [0.25, 0.3) is 0 Å². The number of alkyl halides is 3. The fraction of sp³-hybridized carbons (Fsp3) is 0.857. The molecule has 0 radical (unpaired) electrons. The molecule has 2 aliphatic rings. The van der Waals surface area contributed by atoms with Crippen LogP contribution in [0.15, 0.2) is 0 Å². The molecule has 1 atom stereocenters. The van der Waals surface area contributed by atoms with Crippen LogP contribution in [-0.2, 0) is 9.59 Å². The molecule has 0 aromatic rings. The molecular formula is C14H22F3N3O2. The lowest BCUT2D eigenvalue weighted by atomic mass is 9.93. The highest BCUT2D eigenvalue weighted by molar-refractivity contribution is 5.83. The second-order valence-corrected chi connectivity index (χ2v) is 5.95. The molecule has 22 heavy (non-hydrogen) atoms. The number of hydrogen-bond acceptors (Lipinski definition) is 3. The number of amides is 2. The normalized spacial score (nSPS) is 23.1. The summed E-state index contributed by atoms with van der Waals surface area (Å²) in [5, 5.41) is 3.02. The molecule has 0 aromatic carbocycles. The van der Waals surface area contributed by atoms with Gasteiger partial charge in [0.1, 0.15) is 6.54 Å². The number of nitrogens with one attached hydrogen (secondary N) is 1. The van der Waals surface area contributed by atoms with Crippen LogP contribution in [0.4, 0.5) is 13.2 Å². The largest absolute Gasteiger partial charge is 0.406 e. The van der Waals surface area contributed by atoms with Gasteiger partial charge >= 0.3 is 6.18 Å². The van der Waals surface area contributed by atoms with Crippen LogP contribution in [0.2, 0.25) is 0 Å². The zero-order valence-electron chi connectivity index (χ0n) is 12.7. The number of halogens is 3. The molecule has 2 fully saturated rings. The smallest absolute Gasteiger partial charge is 0.342 e. The predicted molar refractivity (Wildman–Crippen MR) is 74.0 cm³/mol. The molecule has 2 saturated heterocycles. The number of carbonyl (C=O) groups excluding carboxylic acids is 2. The standard InChI is InChI=1S/C14H22F3N3O2/c1-2-19(9-14(15,16)17)12(21)10-4-3-5-20(8-10)13(22)11-6-18-7-11/h10-11,18H,2-9H2,1H3. The Bertz CT molecular complexity index is 424. The molecule has 8 heteroatoms. The van der Waals surface area contributed by atoms with Crippen molar-refractivity contribution < 1.29 is 22.8 Å². The lowest BCUT2D eigenvalue weighted by molar-refractivity contribution is -0.165. The second kappa shape index (κ2) is 6.85. The third kappa shape index (κ3) is 4.12. The summed E-state index contributed by atoms with van der Waals surface area (Å²) in [6.45, 7) is 2.45. The van der Waals surface area contributed by atoms with E-state index in [-0.39, 0.29) is 24.9 Å². The quantitative estimate of drug-likeness (QED) is 0.835. The van der Waals surface area contributed by atoms with Crippen LogP contribution in [0, 0.1) is 11.8 Å². The summed E-state index contributed by atoms with van der Waals surface area (Å²) in [6, 6.07) is 0. The van der Waals surface area contributed by atoms with Gasteiger partial charge < -0.3 is 15.1 Å². The second-order valence-electron chi connectivity index (χ2n) is 5.95. The first-order valence-electron chi connectivity index (χ1n) is 7.67. The summed E-state index contributed by atoms with van der Waals surface area (Å²) >= 11 is 0. The molecule has 2 rings (SSSR count). The molecular weight excluding hydrogens is 299 g/mol. The van der Waals surface area contributed by atoms with Gasteiger partial charge in [-0.2, -0.15) is 13.2 Å². The Morgan fingerprint density at radius 2 is 1.95 bits per heavy atom. The van der Waals surface area contributed by atoms with Gasteiger partial charge in [0.05, 0.1) is 11.8 Å². The Morgan fingerprint density at radius 3 is 2.45 bits per heavy atom. The lowest BCUT2D eigenvalue weighted by Gasteiger charge is -2.38. The van der Waals surface area contributed by atoms with E-state index in [1.807, 2.05) is 0 Å². The van der Waals surface area contributed by atoms with Crippen molar-refractivity contribution in [3.05, 3.63) is 0 Å². The maximum absolute atomic E-state index is 12.5. The van der Waals surface area contributed by atoms with Crippen LogP contribution >= 0.6 is 0 Å². The Hall–Kier alpha value is -1.31. The van der Waals surface area contributed by atoms with Crippen LogP contribution in [-0.4, -0.2) is 67.1 Å². The van der Waals surface area contributed by atoms with Gasteiger partial charge in [0.15, 0.2) is 0 Å². The minimum atomic E-state index is -4.40. The molecule has 1 unspecified atom stereocenters. The monoisotopic (exact) mass is 321 g/mol. The summed E-state index contributed by atoms with van der Waals surface area (Å²) in [6.07, 6.45) is -3.20. The van der Waals surface area contributed by atoms with Crippen molar-refractivity contribution >= 4 is 11.8 Å². The van der Waals surface area contributed by atoms with Crippen molar-refractivity contribution in [3.63, 3.8) is 0 Å². The Kier molecular flexibility index (Phi) is 5.31. The fourth-order valence-corrected chi connectivity index (χ4v) is 2.92. The van der Waals surface area contributed by atoms with Crippen LogP contribution in [0.1, 0.15) is 19.8 Å². The Labute approximate surface area is 127 Å². The van der Waals surface area contributed by atoms with Crippen molar-refractivity contribution in [3.8, 4) is 0 Å². The highest BCUT2D eigenvalue weighted by Gasteiger charge is 2.38. The third-order valence-corrected chi connectivity index (χ3v) is 4.28. The Balaban J connectivity index is 1.95. The topological polar surface area (TPSA) is 52.7 Å². The summed E-state index contributed by atoms with van der Waals surface area (Å²) < 4.78 is 37.6. The van der Waals surface area contributed by atoms with E-state index in [1.54, 1.807) is 4.90 Å². The van der Waals surface area contributed by atoms with Gasteiger partial charge in [-0.1, -0.05) is 0 Å². The van der Waals surface area contributed by atoms with Crippen molar-refractivity contribution in [2.75, 3.05) is 39.3 Å². The zero-order chi connectivity index (χ0) is 16.3. The first kappa shape index (κ1) is 17.1. The number of piperidine rings is 1. The molecule has 2 amide bonds. The summed E-state index contributed by atoms with van der Waals surface area (Å²) in [4.78, 5) is 27.0. The fourth-order valence-electron chi connectivity index (χ4n) is 2.92. The minimum Gasteiger partial charge on any atom is -0.342 e. The van der Waals surface area contributed by atoms with Crippen molar-refractivity contribution in [1.82, 2.24) is 15.1 Å². The van der Waals surface area contributed by atoms with Crippen LogP contribution < -0.4 is 5.32 Å². The van der Waals surface area contributed by atoms with E-state index in [2.05, 4.69) is 5.32 Å². The Morgan fingerprint density at radius 1 is 1.27 bits per heavy atom. The molecule has 2 heterocycles. The molecule has 5 nitrogen and oxygen atoms in total. The van der Waals surface area contributed by atoms with Crippen molar-refractivity contribution in [2.24, 2.45) is 11.8 Å². The van der Waals surface area contributed by atoms with Gasteiger partial charge in [-0.05, 0) is 19.8 Å². The van der Waals surface area contributed by atoms with Crippen LogP contribution in [0.3, 0.4) is 0 Å². The average Bonchev–Trinajstić information content (AvgIpc) is 2.41. The minimum absolute atomic E-state index is 0.00937. The zero-order valence-corrected chi connectivity index (χ0v) is 12.7. The molecule has 0 bridgehead atoms. The SMILES string of the molecule is CCN(CC(F)(F)F)C(=O)C1CCCN(C(=O)C2CNC2)C1. The number of likely N-dealkylation sites (tertiary alicyclic amines) is 1. The van der Waals surface area contributed by atoms with Gasteiger partial charge in [-0.25, -0.2) is 0 Å². The van der Waals surface area contributed by atoms with Gasteiger partial charge in [-0.3, -0.25) is 9.59 Å². The maximum atomic E-state index is 12.5. The maximum Gasteiger partial charge on any atom is 0.406 e. The van der Waals surface area contributed by atoms with E-state index in [9.17, 15) is 22.8 Å². The van der Waals surface area contributed by atoms with Gasteiger partial charge in [-0.15, -0.1) is 0 Å². The average molecular weight is 321 g/mol. The summed E-state index contributed by atoms with van der Waals surface area (Å²) in [7, 11) is 0.